The molecule has 1 aliphatic heterocycles. The first kappa shape index (κ1) is 19.9. The van der Waals surface area contributed by atoms with Crippen molar-refractivity contribution in [2.45, 2.75) is 58.1 Å². The second-order valence-electron chi connectivity index (χ2n) is 7.48. The number of ether oxygens (including phenoxy) is 2. The van der Waals surface area contributed by atoms with Gasteiger partial charge in [-0.3, -0.25) is 9.59 Å². The van der Waals surface area contributed by atoms with Gasteiger partial charge in [0, 0.05) is 18.2 Å². The molecule has 1 aromatic carbocycles. The van der Waals surface area contributed by atoms with Gasteiger partial charge in [-0.2, -0.15) is 0 Å². The smallest absolute Gasteiger partial charge is 0.410 e. The maximum Gasteiger partial charge on any atom is 0.410 e. The Morgan fingerprint density at radius 3 is 2.46 bits per heavy atom. The average molecular weight is 361 g/mol. The Kier molecular flexibility index (Phi) is 6.77. The number of amides is 1. The lowest BCUT2D eigenvalue weighted by Crippen LogP contribution is -2.47. The Morgan fingerprint density at radius 1 is 1.12 bits per heavy atom. The van der Waals surface area contributed by atoms with Gasteiger partial charge in [-0.15, -0.1) is 0 Å². The lowest BCUT2D eigenvalue weighted by Gasteiger charge is -2.36. The number of piperidine rings is 1. The summed E-state index contributed by atoms with van der Waals surface area (Å²) < 4.78 is 10.5. The van der Waals surface area contributed by atoms with Crippen molar-refractivity contribution < 1.29 is 23.9 Å². The van der Waals surface area contributed by atoms with E-state index in [0.717, 1.165) is 19.3 Å². The quantitative estimate of drug-likeness (QED) is 0.592. The van der Waals surface area contributed by atoms with E-state index in [1.165, 1.54) is 0 Å². The summed E-state index contributed by atoms with van der Waals surface area (Å²) in [6.07, 6.45) is 2.22. The van der Waals surface area contributed by atoms with E-state index in [2.05, 4.69) is 0 Å². The molecule has 6 nitrogen and oxygen atoms in total. The standard InChI is InChI=1S/C20H27NO5/c1-20(2,3)26-19(24)21-12-8-7-11-16(21)13-18(23)25-14-17(22)15-9-5-4-6-10-15/h4-6,9-10,16H,7-8,11-14H2,1-3H3. The minimum atomic E-state index is -0.582. The lowest BCUT2D eigenvalue weighted by molar-refractivity contribution is -0.144. The normalized spacial score (nSPS) is 17.5. The van der Waals surface area contributed by atoms with Crippen LogP contribution >= 0.6 is 0 Å². The summed E-state index contributed by atoms with van der Waals surface area (Å²) in [6, 6.07) is 8.45. The molecule has 6 heteroatoms. The van der Waals surface area contributed by atoms with Gasteiger partial charge in [0.05, 0.1) is 6.42 Å². The Hall–Kier alpha value is -2.37. The number of carbonyl (C=O) groups excluding carboxylic acids is 3. The van der Waals surface area contributed by atoms with E-state index in [4.69, 9.17) is 9.47 Å². The van der Waals surface area contributed by atoms with Crippen LogP contribution in [0.5, 0.6) is 0 Å². The SMILES string of the molecule is CC(C)(C)OC(=O)N1CCCCC1CC(=O)OCC(=O)c1ccccc1. The molecule has 1 atom stereocenters. The Balaban J connectivity index is 1.87. The molecule has 1 amide bonds. The number of likely N-dealkylation sites (tertiary alicyclic amines) is 1. The third kappa shape index (κ3) is 6.17. The van der Waals surface area contributed by atoms with E-state index in [0.29, 0.717) is 12.1 Å². The van der Waals surface area contributed by atoms with Gasteiger partial charge < -0.3 is 14.4 Å². The van der Waals surface area contributed by atoms with Gasteiger partial charge in [-0.25, -0.2) is 4.79 Å². The highest BCUT2D eigenvalue weighted by Gasteiger charge is 2.32. The van der Waals surface area contributed by atoms with Gasteiger partial charge in [-0.1, -0.05) is 30.3 Å². The first-order chi connectivity index (χ1) is 12.3. The zero-order valence-corrected chi connectivity index (χ0v) is 15.7. The molecule has 0 aromatic heterocycles. The number of rotatable bonds is 5. The monoisotopic (exact) mass is 361 g/mol. The van der Waals surface area contributed by atoms with Crippen LogP contribution in [-0.2, 0) is 14.3 Å². The van der Waals surface area contributed by atoms with Crippen LogP contribution in [-0.4, -0.2) is 47.5 Å². The first-order valence-corrected chi connectivity index (χ1v) is 9.00. The molecule has 1 unspecified atom stereocenters. The van der Waals surface area contributed by atoms with E-state index < -0.39 is 17.7 Å². The number of nitrogens with zero attached hydrogens (tertiary/aromatic N) is 1. The van der Waals surface area contributed by atoms with Gasteiger partial charge in [0.25, 0.3) is 0 Å². The van der Waals surface area contributed by atoms with Gasteiger partial charge >= 0.3 is 12.1 Å². The number of Topliss-reactive ketones (excluding diaryl/α,β-unsaturated/α-hetero) is 1. The summed E-state index contributed by atoms with van der Waals surface area (Å²) in [5.74, 6) is -0.721. The molecule has 0 radical (unpaired) electrons. The molecule has 1 aromatic rings. The van der Waals surface area contributed by atoms with Crippen LogP contribution in [0.3, 0.4) is 0 Å². The highest BCUT2D eigenvalue weighted by Crippen LogP contribution is 2.23. The molecule has 0 spiro atoms. The second-order valence-corrected chi connectivity index (χ2v) is 7.48. The maximum absolute atomic E-state index is 12.4. The van der Waals surface area contributed by atoms with Crippen LogP contribution in [0.4, 0.5) is 4.79 Å². The predicted octanol–water partition coefficient (Wildman–Crippen LogP) is 3.59. The average Bonchev–Trinajstić information content (AvgIpc) is 2.59. The molecule has 1 aliphatic rings. The summed E-state index contributed by atoms with van der Waals surface area (Å²) in [7, 11) is 0. The number of esters is 1. The summed E-state index contributed by atoms with van der Waals surface area (Å²) in [4.78, 5) is 38.1. The van der Waals surface area contributed by atoms with Crippen molar-refractivity contribution in [3.8, 4) is 0 Å². The van der Waals surface area contributed by atoms with Gasteiger partial charge in [0.1, 0.15) is 5.60 Å². The molecule has 1 fully saturated rings. The number of hydrogen-bond donors (Lipinski definition) is 0. The number of carbonyl (C=O) groups is 3. The van der Waals surface area contributed by atoms with E-state index >= 15 is 0 Å². The van der Waals surface area contributed by atoms with E-state index in [9.17, 15) is 14.4 Å². The molecule has 0 saturated carbocycles. The summed E-state index contributed by atoms with van der Waals surface area (Å²) in [5.41, 5.74) is -0.0739. The van der Waals surface area contributed by atoms with E-state index in [-0.39, 0.29) is 24.9 Å². The fraction of sp³-hybridized carbons (Fsp3) is 0.550. The van der Waals surface area contributed by atoms with Crippen LogP contribution in [0.25, 0.3) is 0 Å². The van der Waals surface area contributed by atoms with Crippen molar-refractivity contribution >= 4 is 17.8 Å². The maximum atomic E-state index is 12.4. The molecule has 0 bridgehead atoms. The van der Waals surface area contributed by atoms with Gasteiger partial charge in [0.2, 0.25) is 0 Å². The van der Waals surface area contributed by atoms with Crippen molar-refractivity contribution in [3.63, 3.8) is 0 Å². The first-order valence-electron chi connectivity index (χ1n) is 9.00. The third-order valence-electron chi connectivity index (χ3n) is 4.12. The topological polar surface area (TPSA) is 72.9 Å². The molecule has 26 heavy (non-hydrogen) atoms. The van der Waals surface area contributed by atoms with E-state index in [1.54, 1.807) is 29.2 Å². The summed E-state index contributed by atoms with van der Waals surface area (Å²) in [5, 5.41) is 0. The minimum Gasteiger partial charge on any atom is -0.457 e. The Labute approximate surface area is 154 Å². The minimum absolute atomic E-state index is 0.0707. The van der Waals surface area contributed by atoms with Crippen molar-refractivity contribution in [1.29, 1.82) is 0 Å². The Morgan fingerprint density at radius 2 is 1.81 bits per heavy atom. The van der Waals surface area contributed by atoms with Crippen molar-refractivity contribution in [1.82, 2.24) is 4.90 Å². The van der Waals surface area contributed by atoms with Crippen molar-refractivity contribution in [2.24, 2.45) is 0 Å². The zero-order chi connectivity index (χ0) is 19.2. The summed E-state index contributed by atoms with van der Waals surface area (Å²) in [6.45, 7) is 5.71. The van der Waals surface area contributed by atoms with Crippen LogP contribution in [0.1, 0.15) is 56.8 Å². The number of benzene rings is 1. The third-order valence-corrected chi connectivity index (χ3v) is 4.12. The van der Waals surface area contributed by atoms with Crippen molar-refractivity contribution in [3.05, 3.63) is 35.9 Å². The fourth-order valence-electron chi connectivity index (χ4n) is 2.88. The van der Waals surface area contributed by atoms with Crippen molar-refractivity contribution in [2.75, 3.05) is 13.2 Å². The number of hydrogen-bond acceptors (Lipinski definition) is 5. The lowest BCUT2D eigenvalue weighted by atomic mass is 10.00. The van der Waals surface area contributed by atoms with Crippen LogP contribution < -0.4 is 0 Å². The van der Waals surface area contributed by atoms with Crippen LogP contribution in [0.2, 0.25) is 0 Å². The van der Waals surface area contributed by atoms with E-state index in [1.807, 2.05) is 26.8 Å². The largest absolute Gasteiger partial charge is 0.457 e. The highest BCUT2D eigenvalue weighted by atomic mass is 16.6. The molecule has 0 aliphatic carbocycles. The molecule has 0 N–H and O–H groups in total. The molecular formula is C20H27NO5. The Bertz CT molecular complexity index is 635. The number of ketones is 1. The highest BCUT2D eigenvalue weighted by molar-refractivity contribution is 5.97. The predicted molar refractivity (Wildman–Crippen MR) is 96.9 cm³/mol. The zero-order valence-electron chi connectivity index (χ0n) is 15.7. The molecule has 1 saturated heterocycles. The molecule has 2 rings (SSSR count). The fourth-order valence-corrected chi connectivity index (χ4v) is 2.88. The molecular weight excluding hydrogens is 334 g/mol. The van der Waals surface area contributed by atoms with Gasteiger partial charge in [-0.05, 0) is 40.0 Å². The van der Waals surface area contributed by atoms with Gasteiger partial charge in [0.15, 0.2) is 12.4 Å². The van der Waals surface area contributed by atoms with Crippen LogP contribution in [0, 0.1) is 0 Å². The van der Waals surface area contributed by atoms with Crippen LogP contribution in [0.15, 0.2) is 30.3 Å². The molecule has 1 heterocycles. The second kappa shape index (κ2) is 8.83. The summed E-state index contributed by atoms with van der Waals surface area (Å²) >= 11 is 0. The molecule has 142 valence electrons.